The SMILES string of the molecule is CNCCc1cnc2ccc(-c3ccc(F)c(F)c3OCCc3c(C)nn(C)c3C)cn12. The third kappa shape index (κ3) is 4.10. The number of nitrogens with one attached hydrogen (secondary N) is 1. The Kier molecular flexibility index (Phi) is 6.23. The van der Waals surface area contributed by atoms with Gasteiger partial charge in [0.15, 0.2) is 11.6 Å². The van der Waals surface area contributed by atoms with E-state index in [0.29, 0.717) is 12.0 Å². The van der Waals surface area contributed by atoms with E-state index in [1.165, 1.54) is 0 Å². The van der Waals surface area contributed by atoms with Gasteiger partial charge in [-0.25, -0.2) is 9.37 Å². The smallest absolute Gasteiger partial charge is 0.201 e. The molecule has 0 aliphatic carbocycles. The molecule has 32 heavy (non-hydrogen) atoms. The molecule has 0 atom stereocenters. The number of halogens is 2. The second-order valence-corrected chi connectivity index (χ2v) is 7.86. The van der Waals surface area contributed by atoms with E-state index in [9.17, 15) is 8.78 Å². The van der Waals surface area contributed by atoms with Gasteiger partial charge in [0.2, 0.25) is 5.82 Å². The highest BCUT2D eigenvalue weighted by atomic mass is 19.2. The molecule has 4 aromatic rings. The van der Waals surface area contributed by atoms with Crippen LogP contribution in [0.15, 0.2) is 36.7 Å². The maximum atomic E-state index is 14.8. The van der Waals surface area contributed by atoms with Gasteiger partial charge in [-0.3, -0.25) is 4.68 Å². The van der Waals surface area contributed by atoms with Crippen LogP contribution in [-0.4, -0.2) is 39.4 Å². The van der Waals surface area contributed by atoms with Crippen molar-refractivity contribution in [1.82, 2.24) is 24.5 Å². The number of aromatic nitrogens is 4. The predicted octanol–water partition coefficient (Wildman–Crippen LogP) is 4.01. The van der Waals surface area contributed by atoms with E-state index in [1.807, 2.05) is 61.6 Å². The summed E-state index contributed by atoms with van der Waals surface area (Å²) in [6.45, 7) is 4.93. The van der Waals surface area contributed by atoms with Crippen LogP contribution in [0.5, 0.6) is 5.75 Å². The molecule has 0 amide bonds. The largest absolute Gasteiger partial charge is 0.489 e. The molecule has 0 aliphatic heterocycles. The van der Waals surface area contributed by atoms with Gasteiger partial charge in [0.05, 0.1) is 12.3 Å². The fraction of sp³-hybridized carbons (Fsp3) is 0.333. The molecule has 1 aromatic carbocycles. The fourth-order valence-electron chi connectivity index (χ4n) is 3.96. The minimum absolute atomic E-state index is 0.0829. The van der Waals surface area contributed by atoms with Gasteiger partial charge in [-0.15, -0.1) is 0 Å². The summed E-state index contributed by atoms with van der Waals surface area (Å²) in [6, 6.07) is 6.40. The van der Waals surface area contributed by atoms with E-state index in [4.69, 9.17) is 4.74 Å². The Morgan fingerprint density at radius 1 is 1.09 bits per heavy atom. The van der Waals surface area contributed by atoms with Crippen molar-refractivity contribution in [3.63, 3.8) is 0 Å². The zero-order valence-electron chi connectivity index (χ0n) is 18.7. The Labute approximate surface area is 185 Å². The van der Waals surface area contributed by atoms with Crippen LogP contribution in [0, 0.1) is 25.5 Å². The summed E-state index contributed by atoms with van der Waals surface area (Å²) in [5, 5.41) is 7.53. The van der Waals surface area contributed by atoms with Crippen molar-refractivity contribution in [3.05, 3.63) is 70.9 Å². The Morgan fingerprint density at radius 2 is 1.91 bits per heavy atom. The van der Waals surface area contributed by atoms with Crippen LogP contribution in [0.2, 0.25) is 0 Å². The van der Waals surface area contributed by atoms with Gasteiger partial charge in [0.1, 0.15) is 5.65 Å². The normalized spacial score (nSPS) is 11.4. The molecule has 0 fully saturated rings. The number of benzene rings is 1. The van der Waals surface area contributed by atoms with Crippen LogP contribution in [0.3, 0.4) is 0 Å². The zero-order valence-corrected chi connectivity index (χ0v) is 18.7. The molecule has 8 heteroatoms. The second-order valence-electron chi connectivity index (χ2n) is 7.86. The first-order valence-corrected chi connectivity index (χ1v) is 10.6. The van der Waals surface area contributed by atoms with Crippen LogP contribution in [0.25, 0.3) is 16.8 Å². The molecule has 168 valence electrons. The summed E-state index contributed by atoms with van der Waals surface area (Å²) in [5.41, 5.74) is 6.05. The Hall–Kier alpha value is -3.26. The number of pyridine rings is 1. The van der Waals surface area contributed by atoms with Crippen molar-refractivity contribution in [3.8, 4) is 16.9 Å². The lowest BCUT2D eigenvalue weighted by atomic mass is 10.1. The number of fused-ring (bicyclic) bond motifs is 1. The lowest BCUT2D eigenvalue weighted by Gasteiger charge is -2.14. The summed E-state index contributed by atoms with van der Waals surface area (Å²) >= 11 is 0. The highest BCUT2D eigenvalue weighted by Crippen LogP contribution is 2.34. The summed E-state index contributed by atoms with van der Waals surface area (Å²) < 4.78 is 38.5. The van der Waals surface area contributed by atoms with E-state index < -0.39 is 11.6 Å². The minimum Gasteiger partial charge on any atom is -0.489 e. The number of imidazole rings is 1. The van der Waals surface area contributed by atoms with Crippen molar-refractivity contribution in [1.29, 1.82) is 0 Å². The van der Waals surface area contributed by atoms with Gasteiger partial charge in [-0.05, 0) is 50.7 Å². The van der Waals surface area contributed by atoms with Crippen LogP contribution in [0.4, 0.5) is 8.78 Å². The van der Waals surface area contributed by atoms with Gasteiger partial charge in [0, 0.05) is 61.3 Å². The molecule has 3 aromatic heterocycles. The first kappa shape index (κ1) is 22.0. The van der Waals surface area contributed by atoms with Crippen LogP contribution in [-0.2, 0) is 19.9 Å². The molecule has 0 spiro atoms. The monoisotopic (exact) mass is 439 g/mol. The van der Waals surface area contributed by atoms with Gasteiger partial charge >= 0.3 is 0 Å². The molecule has 0 unspecified atom stereocenters. The summed E-state index contributed by atoms with van der Waals surface area (Å²) in [5.74, 6) is -2.00. The minimum atomic E-state index is -0.983. The third-order valence-electron chi connectivity index (χ3n) is 5.83. The first-order valence-electron chi connectivity index (χ1n) is 10.6. The third-order valence-corrected chi connectivity index (χ3v) is 5.83. The molecule has 4 rings (SSSR count). The molecule has 0 bridgehead atoms. The van der Waals surface area contributed by atoms with Crippen molar-refractivity contribution < 1.29 is 13.5 Å². The zero-order chi connectivity index (χ0) is 22.8. The van der Waals surface area contributed by atoms with E-state index in [2.05, 4.69) is 15.4 Å². The molecular formula is C24H27F2N5O. The lowest BCUT2D eigenvalue weighted by Crippen LogP contribution is -2.11. The number of aryl methyl sites for hydroxylation is 2. The predicted molar refractivity (Wildman–Crippen MR) is 120 cm³/mol. The van der Waals surface area contributed by atoms with E-state index in [0.717, 1.165) is 52.9 Å². The molecule has 6 nitrogen and oxygen atoms in total. The van der Waals surface area contributed by atoms with Crippen LogP contribution >= 0.6 is 0 Å². The first-order chi connectivity index (χ1) is 15.4. The highest BCUT2D eigenvalue weighted by molar-refractivity contribution is 5.71. The van der Waals surface area contributed by atoms with Crippen molar-refractivity contribution >= 4 is 5.65 Å². The average Bonchev–Trinajstić information content (AvgIpc) is 3.29. The van der Waals surface area contributed by atoms with Gasteiger partial charge in [-0.1, -0.05) is 0 Å². The number of hydrogen-bond donors (Lipinski definition) is 1. The van der Waals surface area contributed by atoms with Crippen molar-refractivity contribution in [2.45, 2.75) is 26.7 Å². The standard InChI is InChI=1S/C24H27F2N5O/c1-15-19(16(2)30(4)29-15)10-12-32-24-20(6-7-21(25)23(24)26)17-5-8-22-28-13-18(9-11-27-3)31(22)14-17/h5-8,13-14,27H,9-12H2,1-4H3. The molecular weight excluding hydrogens is 412 g/mol. The summed E-state index contributed by atoms with van der Waals surface area (Å²) in [7, 11) is 3.78. The van der Waals surface area contributed by atoms with Gasteiger partial charge in [0.25, 0.3) is 0 Å². The van der Waals surface area contributed by atoms with Gasteiger partial charge < -0.3 is 14.5 Å². The maximum absolute atomic E-state index is 14.8. The molecule has 0 radical (unpaired) electrons. The van der Waals surface area contributed by atoms with Crippen LogP contribution in [0.1, 0.15) is 22.6 Å². The lowest BCUT2D eigenvalue weighted by molar-refractivity contribution is 0.300. The molecule has 1 N–H and O–H groups in total. The quantitative estimate of drug-likeness (QED) is 0.451. The number of likely N-dealkylation sites (N-methyl/N-ethyl adjacent to an activating group) is 1. The fourth-order valence-corrected chi connectivity index (χ4v) is 3.96. The number of nitrogens with zero attached hydrogens (tertiary/aromatic N) is 4. The van der Waals surface area contributed by atoms with Crippen molar-refractivity contribution in [2.24, 2.45) is 7.05 Å². The van der Waals surface area contributed by atoms with Crippen LogP contribution < -0.4 is 10.1 Å². The summed E-state index contributed by atoms with van der Waals surface area (Å²) in [6.07, 6.45) is 5.07. The van der Waals surface area contributed by atoms with E-state index >= 15 is 0 Å². The number of hydrogen-bond acceptors (Lipinski definition) is 4. The number of rotatable bonds is 8. The van der Waals surface area contributed by atoms with E-state index in [1.54, 1.807) is 6.07 Å². The Balaban J connectivity index is 1.65. The Morgan fingerprint density at radius 3 is 2.62 bits per heavy atom. The second kappa shape index (κ2) is 9.08. The molecule has 3 heterocycles. The topological polar surface area (TPSA) is 56.4 Å². The van der Waals surface area contributed by atoms with Gasteiger partial charge in [-0.2, -0.15) is 9.49 Å². The van der Waals surface area contributed by atoms with Crippen molar-refractivity contribution in [2.75, 3.05) is 20.2 Å². The highest BCUT2D eigenvalue weighted by Gasteiger charge is 2.18. The Bertz CT molecular complexity index is 1260. The average molecular weight is 440 g/mol. The molecule has 0 saturated carbocycles. The number of ether oxygens (including phenoxy) is 1. The molecule has 0 saturated heterocycles. The maximum Gasteiger partial charge on any atom is 0.201 e. The van der Waals surface area contributed by atoms with E-state index in [-0.39, 0.29) is 12.4 Å². The summed E-state index contributed by atoms with van der Waals surface area (Å²) in [4.78, 5) is 4.42. The molecule has 0 aliphatic rings.